The molecule has 0 aliphatic carbocycles. The summed E-state index contributed by atoms with van der Waals surface area (Å²) in [5.74, 6) is -0.0859. The van der Waals surface area contributed by atoms with Gasteiger partial charge in [0.1, 0.15) is 11.9 Å². The zero-order valence-electron chi connectivity index (χ0n) is 13.4. The summed E-state index contributed by atoms with van der Waals surface area (Å²) >= 11 is 0. The van der Waals surface area contributed by atoms with Crippen LogP contribution < -0.4 is 10.6 Å². The van der Waals surface area contributed by atoms with E-state index in [9.17, 15) is 14.9 Å². The summed E-state index contributed by atoms with van der Waals surface area (Å²) in [6.07, 6.45) is -0.443. The molecule has 0 bridgehead atoms. The Morgan fingerprint density at radius 1 is 1.29 bits per heavy atom. The monoisotopic (exact) mass is 326 g/mol. The number of nitrogens with zero attached hydrogens (tertiary/aromatic N) is 2. The molecule has 1 aliphatic rings. The molecule has 1 aliphatic heterocycles. The molecule has 2 aromatic rings. The first-order valence-corrected chi connectivity index (χ1v) is 7.69. The van der Waals surface area contributed by atoms with Gasteiger partial charge in [-0.1, -0.05) is 18.2 Å². The first-order chi connectivity index (χ1) is 11.6. The van der Waals surface area contributed by atoms with E-state index < -0.39 is 11.1 Å². The van der Waals surface area contributed by atoms with E-state index in [4.69, 9.17) is 0 Å². The van der Waals surface area contributed by atoms with E-state index in [2.05, 4.69) is 10.6 Å². The Morgan fingerprint density at radius 3 is 2.71 bits per heavy atom. The SMILES string of the molecule is CCN1C(=O)c2ccccc2NC1c1ccc(NC)c([N+](=O)[O-])c1. The fourth-order valence-corrected chi connectivity index (χ4v) is 2.96. The minimum Gasteiger partial charge on any atom is -0.383 e. The van der Waals surface area contributed by atoms with Crippen LogP contribution >= 0.6 is 0 Å². The number of benzene rings is 2. The molecule has 0 saturated carbocycles. The zero-order valence-corrected chi connectivity index (χ0v) is 13.4. The van der Waals surface area contributed by atoms with Crippen LogP contribution in [0.25, 0.3) is 0 Å². The molecule has 0 spiro atoms. The van der Waals surface area contributed by atoms with Gasteiger partial charge in [-0.2, -0.15) is 0 Å². The molecular formula is C17H18N4O3. The average Bonchev–Trinajstić information content (AvgIpc) is 2.61. The Labute approximate surface area is 139 Å². The Morgan fingerprint density at radius 2 is 2.04 bits per heavy atom. The van der Waals surface area contributed by atoms with Gasteiger partial charge in [-0.3, -0.25) is 14.9 Å². The van der Waals surface area contributed by atoms with Gasteiger partial charge < -0.3 is 15.5 Å². The smallest absolute Gasteiger partial charge is 0.292 e. The van der Waals surface area contributed by atoms with E-state index >= 15 is 0 Å². The van der Waals surface area contributed by atoms with Gasteiger partial charge in [0.15, 0.2) is 0 Å². The maximum absolute atomic E-state index is 12.7. The third kappa shape index (κ3) is 2.54. The third-order valence-electron chi connectivity index (χ3n) is 4.17. The van der Waals surface area contributed by atoms with Gasteiger partial charge >= 0.3 is 0 Å². The highest BCUT2D eigenvalue weighted by molar-refractivity contribution is 6.01. The molecule has 1 amide bonds. The van der Waals surface area contributed by atoms with Crippen molar-refractivity contribution in [1.82, 2.24) is 4.90 Å². The predicted molar refractivity (Wildman–Crippen MR) is 92.2 cm³/mol. The molecule has 1 unspecified atom stereocenters. The number of amides is 1. The molecule has 2 aromatic carbocycles. The van der Waals surface area contributed by atoms with Gasteiger partial charge in [-0.25, -0.2) is 0 Å². The summed E-state index contributed by atoms with van der Waals surface area (Å²) in [7, 11) is 1.64. The van der Waals surface area contributed by atoms with E-state index in [1.165, 1.54) is 6.07 Å². The van der Waals surface area contributed by atoms with Crippen molar-refractivity contribution in [2.45, 2.75) is 13.1 Å². The van der Waals surface area contributed by atoms with Gasteiger partial charge in [-0.15, -0.1) is 0 Å². The Balaban J connectivity index is 2.07. The minimum absolute atomic E-state index is 0.0147. The number of nitro benzene ring substituents is 1. The van der Waals surface area contributed by atoms with Gasteiger partial charge in [-0.05, 0) is 25.1 Å². The van der Waals surface area contributed by atoms with E-state index in [1.807, 2.05) is 25.1 Å². The van der Waals surface area contributed by atoms with Crippen LogP contribution in [0.15, 0.2) is 42.5 Å². The largest absolute Gasteiger partial charge is 0.383 e. The molecule has 3 rings (SSSR count). The van der Waals surface area contributed by atoms with Crippen LogP contribution in [0.5, 0.6) is 0 Å². The van der Waals surface area contributed by atoms with Crippen molar-refractivity contribution >= 4 is 23.0 Å². The summed E-state index contributed by atoms with van der Waals surface area (Å²) in [5, 5.41) is 17.4. The number of anilines is 2. The van der Waals surface area contributed by atoms with E-state index in [1.54, 1.807) is 30.1 Å². The Kier molecular flexibility index (Phi) is 4.07. The van der Waals surface area contributed by atoms with Crippen molar-refractivity contribution in [3.8, 4) is 0 Å². The highest BCUT2D eigenvalue weighted by Gasteiger charge is 2.32. The number of nitro groups is 1. The van der Waals surface area contributed by atoms with Crippen molar-refractivity contribution < 1.29 is 9.72 Å². The fourth-order valence-electron chi connectivity index (χ4n) is 2.96. The molecule has 1 heterocycles. The van der Waals surface area contributed by atoms with Gasteiger partial charge in [0.2, 0.25) is 0 Å². The molecule has 7 heteroatoms. The minimum atomic E-state index is -0.443. The summed E-state index contributed by atoms with van der Waals surface area (Å²) < 4.78 is 0. The number of nitrogens with one attached hydrogen (secondary N) is 2. The molecule has 0 radical (unpaired) electrons. The maximum Gasteiger partial charge on any atom is 0.292 e. The molecular weight excluding hydrogens is 308 g/mol. The normalized spacial score (nSPS) is 16.3. The summed E-state index contributed by atoms with van der Waals surface area (Å²) in [6, 6.07) is 12.2. The van der Waals surface area contributed by atoms with Gasteiger partial charge in [0.05, 0.1) is 10.5 Å². The van der Waals surface area contributed by atoms with Crippen molar-refractivity contribution in [3.63, 3.8) is 0 Å². The molecule has 7 nitrogen and oxygen atoms in total. The van der Waals surface area contributed by atoms with Crippen molar-refractivity contribution in [1.29, 1.82) is 0 Å². The lowest BCUT2D eigenvalue weighted by Gasteiger charge is -2.37. The average molecular weight is 326 g/mol. The molecule has 124 valence electrons. The van der Waals surface area contributed by atoms with Crippen LogP contribution in [0.4, 0.5) is 17.1 Å². The Bertz CT molecular complexity index is 806. The summed E-state index contributed by atoms with van der Waals surface area (Å²) in [5.41, 5.74) is 2.44. The first kappa shape index (κ1) is 15.8. The lowest BCUT2D eigenvalue weighted by atomic mass is 10.0. The third-order valence-corrected chi connectivity index (χ3v) is 4.17. The van der Waals surface area contributed by atoms with Crippen LogP contribution in [0.2, 0.25) is 0 Å². The van der Waals surface area contributed by atoms with E-state index in [-0.39, 0.29) is 11.6 Å². The molecule has 24 heavy (non-hydrogen) atoms. The number of hydrogen-bond donors (Lipinski definition) is 2. The highest BCUT2D eigenvalue weighted by atomic mass is 16.6. The number of rotatable bonds is 4. The molecule has 0 fully saturated rings. The lowest BCUT2D eigenvalue weighted by molar-refractivity contribution is -0.384. The number of fused-ring (bicyclic) bond motifs is 1. The number of hydrogen-bond acceptors (Lipinski definition) is 5. The Hall–Kier alpha value is -3.09. The van der Waals surface area contributed by atoms with E-state index in [0.29, 0.717) is 23.4 Å². The van der Waals surface area contributed by atoms with Gasteiger partial charge in [0.25, 0.3) is 11.6 Å². The molecule has 0 saturated heterocycles. The predicted octanol–water partition coefficient (Wildman–Crippen LogP) is 3.22. The second-order valence-electron chi connectivity index (χ2n) is 5.47. The summed E-state index contributed by atoms with van der Waals surface area (Å²) in [6.45, 7) is 2.38. The molecule has 2 N–H and O–H groups in total. The maximum atomic E-state index is 12.7. The standard InChI is InChI=1S/C17H18N4O3/c1-3-20-16(19-13-7-5-4-6-12(13)17(20)22)11-8-9-14(18-2)15(10-11)21(23)24/h4-10,16,18-19H,3H2,1-2H3. The highest BCUT2D eigenvalue weighted by Crippen LogP contribution is 2.35. The second-order valence-corrected chi connectivity index (χ2v) is 5.47. The van der Waals surface area contributed by atoms with Crippen molar-refractivity contribution in [3.05, 3.63) is 63.7 Å². The van der Waals surface area contributed by atoms with Crippen LogP contribution in [-0.2, 0) is 0 Å². The topological polar surface area (TPSA) is 87.5 Å². The molecule has 1 atom stereocenters. The summed E-state index contributed by atoms with van der Waals surface area (Å²) in [4.78, 5) is 25.2. The van der Waals surface area contributed by atoms with Crippen molar-refractivity contribution in [2.24, 2.45) is 0 Å². The zero-order chi connectivity index (χ0) is 17.3. The van der Waals surface area contributed by atoms with Crippen LogP contribution in [-0.4, -0.2) is 29.3 Å². The van der Waals surface area contributed by atoms with Gasteiger partial charge in [0, 0.05) is 30.9 Å². The quantitative estimate of drug-likeness (QED) is 0.665. The number of para-hydroxylation sites is 1. The van der Waals surface area contributed by atoms with Crippen LogP contribution in [0.3, 0.4) is 0 Å². The number of carbonyl (C=O) groups excluding carboxylic acids is 1. The van der Waals surface area contributed by atoms with Crippen molar-refractivity contribution in [2.75, 3.05) is 24.2 Å². The second kappa shape index (κ2) is 6.19. The number of carbonyl (C=O) groups is 1. The first-order valence-electron chi connectivity index (χ1n) is 7.69. The van der Waals surface area contributed by atoms with Crippen LogP contribution in [0.1, 0.15) is 29.0 Å². The van der Waals surface area contributed by atoms with E-state index in [0.717, 1.165) is 5.69 Å². The van der Waals surface area contributed by atoms with Crippen LogP contribution in [0, 0.1) is 10.1 Å². The lowest BCUT2D eigenvalue weighted by Crippen LogP contribution is -2.42. The fraction of sp³-hybridized carbons (Fsp3) is 0.235. The molecule has 0 aromatic heterocycles.